The van der Waals surface area contributed by atoms with Crippen molar-refractivity contribution < 1.29 is 4.39 Å². The molecule has 0 amide bonds. The van der Waals surface area contributed by atoms with E-state index in [1.54, 1.807) is 6.07 Å². The minimum atomic E-state index is -0.403. The Morgan fingerprint density at radius 2 is 1.85 bits per heavy atom. The van der Waals surface area contributed by atoms with Crippen LogP contribution in [0.1, 0.15) is 5.56 Å². The maximum absolute atomic E-state index is 14.4. The zero-order valence-corrected chi connectivity index (χ0v) is 14.8. The predicted molar refractivity (Wildman–Crippen MR) is 103 cm³/mol. The summed E-state index contributed by atoms with van der Waals surface area (Å²) in [5, 5.41) is 0.381. The molecule has 0 spiro atoms. The summed E-state index contributed by atoms with van der Waals surface area (Å²) in [6.07, 6.45) is 1.48. The molecular weight excluding hydrogens is 329 g/mol. The third-order valence-electron chi connectivity index (χ3n) is 5.08. The Morgan fingerprint density at radius 1 is 1.04 bits per heavy atom. The van der Waals surface area contributed by atoms with E-state index in [2.05, 4.69) is 34.0 Å². The molecule has 2 heterocycles. The first kappa shape index (κ1) is 16.9. The highest BCUT2D eigenvalue weighted by atomic mass is 19.1. The normalized spacial score (nSPS) is 16.2. The quantitative estimate of drug-likeness (QED) is 0.788. The molecule has 1 saturated heterocycles. The number of aromatic amines is 1. The Hall–Kier alpha value is -2.50. The number of piperazine rings is 1. The van der Waals surface area contributed by atoms with Gasteiger partial charge in [0.25, 0.3) is 0 Å². The number of nitrogens with zero attached hydrogens (tertiary/aromatic N) is 2. The maximum atomic E-state index is 14.4. The fraction of sp³-hybridized carbons (Fsp3) is 0.286. The number of nitrogens with one attached hydrogen (secondary N) is 1. The number of aromatic nitrogens is 1. The topological polar surface area (TPSA) is 39.3 Å². The molecule has 0 saturated carbocycles. The van der Waals surface area contributed by atoms with Gasteiger partial charge in [0.1, 0.15) is 5.82 Å². The van der Waals surface area contributed by atoms with E-state index < -0.39 is 5.82 Å². The van der Waals surface area contributed by atoms with Crippen LogP contribution < -0.4 is 5.43 Å². The molecule has 1 aliphatic heterocycles. The van der Waals surface area contributed by atoms with Crippen LogP contribution in [0.15, 0.2) is 53.5 Å². The van der Waals surface area contributed by atoms with E-state index in [4.69, 9.17) is 0 Å². The summed E-state index contributed by atoms with van der Waals surface area (Å²) < 4.78 is 14.4. The van der Waals surface area contributed by atoms with Gasteiger partial charge in [-0.15, -0.1) is 0 Å². The summed E-state index contributed by atoms with van der Waals surface area (Å²) in [6, 6.07) is 12.8. The van der Waals surface area contributed by atoms with Crippen molar-refractivity contribution in [1.29, 1.82) is 0 Å². The van der Waals surface area contributed by atoms with Crippen LogP contribution in [-0.2, 0) is 6.54 Å². The van der Waals surface area contributed by atoms with Gasteiger partial charge in [-0.3, -0.25) is 9.69 Å². The van der Waals surface area contributed by atoms with Gasteiger partial charge in [-0.05, 0) is 41.9 Å². The van der Waals surface area contributed by atoms with Crippen molar-refractivity contribution in [1.82, 2.24) is 14.8 Å². The lowest BCUT2D eigenvalue weighted by Gasteiger charge is -2.32. The fourth-order valence-corrected chi connectivity index (χ4v) is 3.52. The van der Waals surface area contributed by atoms with Crippen LogP contribution in [0.2, 0.25) is 0 Å². The number of rotatable bonds is 3. The standard InChI is InChI=1S/C21H22FN3O/c1-24-7-9-25(10-8-24)14-15-3-2-4-16(11-15)17-12-18-20(26)5-6-23-21(18)19(22)13-17/h2-6,11-13H,7-10,14H2,1H3,(H,23,26). The number of H-pyrrole nitrogens is 1. The molecule has 1 N–H and O–H groups in total. The molecule has 2 aromatic carbocycles. The van der Waals surface area contributed by atoms with E-state index in [1.165, 1.54) is 23.9 Å². The number of pyridine rings is 1. The van der Waals surface area contributed by atoms with Gasteiger partial charge in [-0.1, -0.05) is 18.2 Å². The number of halogens is 1. The van der Waals surface area contributed by atoms with E-state index >= 15 is 0 Å². The molecule has 5 heteroatoms. The van der Waals surface area contributed by atoms with Gasteiger partial charge >= 0.3 is 0 Å². The van der Waals surface area contributed by atoms with Gasteiger partial charge in [-0.2, -0.15) is 0 Å². The van der Waals surface area contributed by atoms with Gasteiger partial charge in [0.2, 0.25) is 0 Å². The minimum Gasteiger partial charge on any atom is -0.359 e. The molecule has 4 nitrogen and oxygen atoms in total. The van der Waals surface area contributed by atoms with E-state index in [1.807, 2.05) is 12.1 Å². The molecule has 1 aliphatic rings. The van der Waals surface area contributed by atoms with Crippen molar-refractivity contribution in [2.45, 2.75) is 6.54 Å². The summed E-state index contributed by atoms with van der Waals surface area (Å²) in [5.74, 6) is -0.403. The Bertz CT molecular complexity index is 990. The van der Waals surface area contributed by atoms with Crippen molar-refractivity contribution >= 4 is 10.9 Å². The van der Waals surface area contributed by atoms with Crippen molar-refractivity contribution in [2.24, 2.45) is 0 Å². The molecule has 3 aromatic rings. The number of hydrogen-bond donors (Lipinski definition) is 1. The summed E-state index contributed by atoms with van der Waals surface area (Å²) >= 11 is 0. The average Bonchev–Trinajstić information content (AvgIpc) is 2.65. The number of likely N-dealkylation sites (N-methyl/N-ethyl adjacent to an activating group) is 1. The lowest BCUT2D eigenvalue weighted by atomic mass is 10.0. The van der Waals surface area contributed by atoms with Gasteiger partial charge in [-0.25, -0.2) is 4.39 Å². The first-order valence-corrected chi connectivity index (χ1v) is 8.91. The van der Waals surface area contributed by atoms with Crippen LogP contribution in [0, 0.1) is 5.82 Å². The highest BCUT2D eigenvalue weighted by molar-refractivity contribution is 5.84. The lowest BCUT2D eigenvalue weighted by molar-refractivity contribution is 0.148. The van der Waals surface area contributed by atoms with Crippen molar-refractivity contribution in [3.8, 4) is 11.1 Å². The molecule has 0 aliphatic carbocycles. The van der Waals surface area contributed by atoms with E-state index in [9.17, 15) is 9.18 Å². The van der Waals surface area contributed by atoms with Gasteiger partial charge < -0.3 is 9.88 Å². The van der Waals surface area contributed by atoms with Crippen LogP contribution in [0.3, 0.4) is 0 Å². The SMILES string of the molecule is CN1CCN(Cc2cccc(-c3cc(F)c4[nH]ccc(=O)c4c3)c2)CC1. The van der Waals surface area contributed by atoms with Crippen molar-refractivity contribution in [3.63, 3.8) is 0 Å². The second kappa shape index (κ2) is 7.02. The van der Waals surface area contributed by atoms with Crippen LogP contribution in [0.5, 0.6) is 0 Å². The maximum Gasteiger partial charge on any atom is 0.189 e. The van der Waals surface area contributed by atoms with Gasteiger partial charge in [0.05, 0.1) is 5.52 Å². The zero-order valence-electron chi connectivity index (χ0n) is 14.8. The van der Waals surface area contributed by atoms with Crippen LogP contribution in [0.25, 0.3) is 22.0 Å². The summed E-state index contributed by atoms with van der Waals surface area (Å²) in [4.78, 5) is 19.7. The third-order valence-corrected chi connectivity index (χ3v) is 5.08. The van der Waals surface area contributed by atoms with E-state index in [-0.39, 0.29) is 10.9 Å². The second-order valence-corrected chi connectivity index (χ2v) is 7.00. The van der Waals surface area contributed by atoms with E-state index in [0.29, 0.717) is 5.39 Å². The molecular formula is C21H22FN3O. The predicted octanol–water partition coefficient (Wildman–Crippen LogP) is 3.08. The summed E-state index contributed by atoms with van der Waals surface area (Å²) in [5.41, 5.74) is 2.95. The lowest BCUT2D eigenvalue weighted by Crippen LogP contribution is -2.43. The molecule has 4 rings (SSSR count). The van der Waals surface area contributed by atoms with Crippen LogP contribution >= 0.6 is 0 Å². The third kappa shape index (κ3) is 3.41. The Balaban J connectivity index is 1.65. The van der Waals surface area contributed by atoms with Crippen LogP contribution in [0.4, 0.5) is 4.39 Å². The van der Waals surface area contributed by atoms with Gasteiger partial charge in [0.15, 0.2) is 5.43 Å². The first-order valence-electron chi connectivity index (χ1n) is 8.91. The first-order chi connectivity index (χ1) is 12.6. The highest BCUT2D eigenvalue weighted by Gasteiger charge is 2.14. The summed E-state index contributed by atoms with van der Waals surface area (Å²) in [7, 11) is 2.15. The average molecular weight is 351 g/mol. The number of benzene rings is 2. The highest BCUT2D eigenvalue weighted by Crippen LogP contribution is 2.26. The minimum absolute atomic E-state index is 0.173. The van der Waals surface area contributed by atoms with Crippen LogP contribution in [-0.4, -0.2) is 48.0 Å². The van der Waals surface area contributed by atoms with Crippen molar-refractivity contribution in [3.05, 3.63) is 70.3 Å². The Morgan fingerprint density at radius 3 is 2.65 bits per heavy atom. The number of hydrogen-bond acceptors (Lipinski definition) is 3. The molecule has 134 valence electrons. The monoisotopic (exact) mass is 351 g/mol. The smallest absolute Gasteiger partial charge is 0.189 e. The molecule has 0 atom stereocenters. The second-order valence-electron chi connectivity index (χ2n) is 7.00. The molecule has 0 radical (unpaired) electrons. The zero-order chi connectivity index (χ0) is 18.1. The Labute approximate surface area is 151 Å². The van der Waals surface area contributed by atoms with Crippen molar-refractivity contribution in [2.75, 3.05) is 33.2 Å². The number of fused-ring (bicyclic) bond motifs is 1. The molecule has 0 unspecified atom stereocenters. The molecule has 1 fully saturated rings. The van der Waals surface area contributed by atoms with E-state index in [0.717, 1.165) is 43.9 Å². The molecule has 26 heavy (non-hydrogen) atoms. The summed E-state index contributed by atoms with van der Waals surface area (Å²) in [6.45, 7) is 5.16. The molecule has 0 bridgehead atoms. The largest absolute Gasteiger partial charge is 0.359 e. The van der Waals surface area contributed by atoms with Gasteiger partial charge in [0, 0.05) is 50.4 Å². The Kier molecular flexibility index (Phi) is 4.57. The fourth-order valence-electron chi connectivity index (χ4n) is 3.52. The molecule has 1 aromatic heterocycles.